The molecule has 0 aliphatic carbocycles. The van der Waals surface area contributed by atoms with Crippen LogP contribution in [0.3, 0.4) is 0 Å². The van der Waals surface area contributed by atoms with E-state index in [0.29, 0.717) is 12.1 Å². The summed E-state index contributed by atoms with van der Waals surface area (Å²) < 4.78 is 34.1. The normalized spacial score (nSPS) is 11.3. The number of amides is 1. The van der Waals surface area contributed by atoms with Crippen LogP contribution in [0.25, 0.3) is 0 Å². The fourth-order valence-electron chi connectivity index (χ4n) is 2.40. The van der Waals surface area contributed by atoms with Crippen LogP contribution in [0.2, 0.25) is 0 Å². The average molecular weight is 349 g/mol. The Morgan fingerprint density at radius 1 is 1.12 bits per heavy atom. The Morgan fingerprint density at radius 3 is 2.40 bits per heavy atom. The third-order valence-electron chi connectivity index (χ3n) is 3.89. The van der Waals surface area contributed by atoms with Gasteiger partial charge in [0.1, 0.15) is 0 Å². The fraction of sp³-hybridized carbons (Fsp3) is 0.316. The van der Waals surface area contributed by atoms with Crippen LogP contribution in [-0.2, 0) is 5.41 Å². The number of alkyl halides is 2. The maximum absolute atomic E-state index is 12.4. The molecule has 1 N–H and O–H groups in total. The van der Waals surface area contributed by atoms with Crippen molar-refractivity contribution in [3.63, 3.8) is 0 Å². The summed E-state index contributed by atoms with van der Waals surface area (Å²) in [6.45, 7) is 1.53. The molecule has 0 unspecified atom stereocenters. The lowest BCUT2D eigenvalue weighted by Crippen LogP contribution is -2.36. The molecule has 134 valence electrons. The molecule has 0 fully saturated rings. The van der Waals surface area contributed by atoms with Gasteiger partial charge in [0.05, 0.1) is 7.11 Å². The van der Waals surface area contributed by atoms with Gasteiger partial charge in [-0.2, -0.15) is 8.78 Å². The number of hydrogen-bond donors (Lipinski definition) is 1. The van der Waals surface area contributed by atoms with Gasteiger partial charge in [-0.3, -0.25) is 4.79 Å². The molecule has 1 amide bonds. The van der Waals surface area contributed by atoms with E-state index in [1.807, 2.05) is 44.2 Å². The van der Waals surface area contributed by atoms with Crippen LogP contribution in [0.4, 0.5) is 8.78 Å². The van der Waals surface area contributed by atoms with E-state index in [0.717, 1.165) is 5.56 Å². The zero-order valence-electron chi connectivity index (χ0n) is 14.4. The van der Waals surface area contributed by atoms with Gasteiger partial charge in [-0.05, 0) is 23.8 Å². The van der Waals surface area contributed by atoms with Crippen molar-refractivity contribution in [2.24, 2.45) is 0 Å². The molecule has 0 bridgehead atoms. The number of methoxy groups -OCH3 is 1. The summed E-state index contributed by atoms with van der Waals surface area (Å²) in [6.07, 6.45) is 0. The molecule has 0 heterocycles. The van der Waals surface area contributed by atoms with Crippen molar-refractivity contribution in [2.45, 2.75) is 25.9 Å². The zero-order valence-corrected chi connectivity index (χ0v) is 14.4. The first kappa shape index (κ1) is 18.7. The van der Waals surface area contributed by atoms with Gasteiger partial charge >= 0.3 is 6.61 Å². The predicted octanol–water partition coefficient (Wildman–Crippen LogP) is 4.00. The van der Waals surface area contributed by atoms with E-state index >= 15 is 0 Å². The van der Waals surface area contributed by atoms with E-state index in [9.17, 15) is 13.6 Å². The quantitative estimate of drug-likeness (QED) is 0.822. The summed E-state index contributed by atoms with van der Waals surface area (Å²) in [6, 6.07) is 13.9. The van der Waals surface area contributed by atoms with E-state index in [1.165, 1.54) is 25.3 Å². The zero-order chi connectivity index (χ0) is 18.4. The van der Waals surface area contributed by atoms with Crippen LogP contribution < -0.4 is 14.8 Å². The monoisotopic (exact) mass is 349 g/mol. The SMILES string of the molecule is COc1cc(C(=O)NCC(C)(C)c2ccccc2)ccc1OC(F)F. The number of hydrogen-bond acceptors (Lipinski definition) is 3. The van der Waals surface area contributed by atoms with E-state index in [-0.39, 0.29) is 22.8 Å². The Kier molecular flexibility index (Phi) is 5.96. The summed E-state index contributed by atoms with van der Waals surface area (Å²) in [5, 5.41) is 2.87. The molecular formula is C19H21F2NO3. The van der Waals surface area contributed by atoms with Crippen molar-refractivity contribution in [2.75, 3.05) is 13.7 Å². The number of carbonyl (C=O) groups is 1. The number of carbonyl (C=O) groups excluding carboxylic acids is 1. The molecule has 0 atom stereocenters. The Hall–Kier alpha value is -2.63. The van der Waals surface area contributed by atoms with Crippen molar-refractivity contribution < 1.29 is 23.0 Å². The number of ether oxygens (including phenoxy) is 2. The van der Waals surface area contributed by atoms with Crippen molar-refractivity contribution in [1.82, 2.24) is 5.32 Å². The van der Waals surface area contributed by atoms with E-state index in [1.54, 1.807) is 0 Å². The first-order valence-corrected chi connectivity index (χ1v) is 7.80. The van der Waals surface area contributed by atoms with Gasteiger partial charge in [-0.1, -0.05) is 44.2 Å². The molecular weight excluding hydrogens is 328 g/mol. The summed E-state index contributed by atoms with van der Waals surface area (Å²) in [5.41, 5.74) is 1.16. The second-order valence-electron chi connectivity index (χ2n) is 6.18. The standard InChI is InChI=1S/C19H21F2NO3/c1-19(2,14-7-5-4-6-8-14)12-22-17(23)13-9-10-15(25-18(20)21)16(11-13)24-3/h4-11,18H,12H2,1-3H3,(H,22,23). The highest BCUT2D eigenvalue weighted by Crippen LogP contribution is 2.29. The third kappa shape index (κ3) is 4.92. The smallest absolute Gasteiger partial charge is 0.387 e. The number of nitrogens with one attached hydrogen (secondary N) is 1. The molecule has 0 aromatic heterocycles. The summed E-state index contributed by atoms with van der Waals surface area (Å²) in [4.78, 5) is 12.4. The van der Waals surface area contributed by atoms with Crippen LogP contribution in [0, 0.1) is 0 Å². The first-order chi connectivity index (χ1) is 11.8. The van der Waals surface area contributed by atoms with Crippen LogP contribution >= 0.6 is 0 Å². The Labute approximate surface area is 145 Å². The second-order valence-corrected chi connectivity index (χ2v) is 6.18. The Morgan fingerprint density at radius 2 is 1.80 bits per heavy atom. The minimum Gasteiger partial charge on any atom is -0.493 e. The summed E-state index contributed by atoms with van der Waals surface area (Å²) in [5.74, 6) is -0.347. The summed E-state index contributed by atoms with van der Waals surface area (Å²) in [7, 11) is 1.33. The minimum absolute atomic E-state index is 0.0790. The lowest BCUT2D eigenvalue weighted by atomic mass is 9.84. The van der Waals surface area contributed by atoms with Gasteiger partial charge in [0.25, 0.3) is 5.91 Å². The van der Waals surface area contributed by atoms with Crippen LogP contribution in [-0.4, -0.2) is 26.2 Å². The van der Waals surface area contributed by atoms with Gasteiger partial charge in [-0.15, -0.1) is 0 Å². The molecule has 25 heavy (non-hydrogen) atoms. The molecule has 0 spiro atoms. The van der Waals surface area contributed by atoms with Crippen molar-refractivity contribution in [1.29, 1.82) is 0 Å². The first-order valence-electron chi connectivity index (χ1n) is 7.80. The lowest BCUT2D eigenvalue weighted by molar-refractivity contribution is -0.0512. The van der Waals surface area contributed by atoms with Gasteiger partial charge in [0.15, 0.2) is 11.5 Å². The molecule has 4 nitrogen and oxygen atoms in total. The predicted molar refractivity (Wildman–Crippen MR) is 91.4 cm³/mol. The topological polar surface area (TPSA) is 47.6 Å². The van der Waals surface area contributed by atoms with E-state index in [2.05, 4.69) is 10.1 Å². The summed E-state index contributed by atoms with van der Waals surface area (Å²) >= 11 is 0. The van der Waals surface area contributed by atoms with E-state index in [4.69, 9.17) is 4.74 Å². The Bertz CT molecular complexity index is 718. The lowest BCUT2D eigenvalue weighted by Gasteiger charge is -2.25. The van der Waals surface area contributed by atoms with Gasteiger partial charge in [0, 0.05) is 17.5 Å². The molecule has 0 radical (unpaired) electrons. The molecule has 6 heteroatoms. The van der Waals surface area contributed by atoms with Crippen LogP contribution in [0.15, 0.2) is 48.5 Å². The minimum atomic E-state index is -2.96. The Balaban J connectivity index is 2.08. The van der Waals surface area contributed by atoms with Crippen molar-refractivity contribution in [3.05, 3.63) is 59.7 Å². The average Bonchev–Trinajstić information content (AvgIpc) is 2.60. The van der Waals surface area contributed by atoms with Crippen LogP contribution in [0.5, 0.6) is 11.5 Å². The highest BCUT2D eigenvalue weighted by molar-refractivity contribution is 5.95. The van der Waals surface area contributed by atoms with Crippen molar-refractivity contribution >= 4 is 5.91 Å². The molecule has 2 rings (SSSR count). The van der Waals surface area contributed by atoms with Crippen LogP contribution in [0.1, 0.15) is 29.8 Å². The van der Waals surface area contributed by atoms with Gasteiger partial charge < -0.3 is 14.8 Å². The molecule has 0 saturated heterocycles. The molecule has 0 saturated carbocycles. The molecule has 0 aliphatic heterocycles. The van der Waals surface area contributed by atoms with E-state index < -0.39 is 6.61 Å². The molecule has 2 aromatic rings. The number of benzene rings is 2. The maximum atomic E-state index is 12.4. The maximum Gasteiger partial charge on any atom is 0.387 e. The fourth-order valence-corrected chi connectivity index (χ4v) is 2.40. The highest BCUT2D eigenvalue weighted by atomic mass is 19.3. The van der Waals surface area contributed by atoms with Crippen molar-refractivity contribution in [3.8, 4) is 11.5 Å². The molecule has 0 aliphatic rings. The third-order valence-corrected chi connectivity index (χ3v) is 3.89. The highest BCUT2D eigenvalue weighted by Gasteiger charge is 2.22. The number of rotatable bonds is 7. The number of halogens is 2. The second kappa shape index (κ2) is 7.96. The largest absolute Gasteiger partial charge is 0.493 e. The van der Waals surface area contributed by atoms with Gasteiger partial charge in [0.2, 0.25) is 0 Å². The van der Waals surface area contributed by atoms with Gasteiger partial charge in [-0.25, -0.2) is 0 Å². The molecule has 2 aromatic carbocycles.